The number of hydrogen-bond donors (Lipinski definition) is 1. The van der Waals surface area contributed by atoms with Crippen molar-refractivity contribution < 1.29 is 23.1 Å². The Balaban J connectivity index is 1.38. The third-order valence-corrected chi connectivity index (χ3v) is 13.6. The molecule has 8 nitrogen and oxygen atoms in total. The second-order valence-electron chi connectivity index (χ2n) is 12.7. The number of carbonyl (C=O) groups is 1. The zero-order chi connectivity index (χ0) is 30.0. The summed E-state index contributed by atoms with van der Waals surface area (Å²) in [6.07, 6.45) is 5.79. The quantitative estimate of drug-likeness (QED) is 0.252. The molecule has 2 heterocycles. The van der Waals surface area contributed by atoms with Crippen LogP contribution in [0.4, 0.5) is 9.52 Å². The molecule has 0 spiro atoms. The van der Waals surface area contributed by atoms with E-state index in [0.717, 1.165) is 37.0 Å². The predicted octanol–water partition coefficient (Wildman–Crippen LogP) is 7.66. The van der Waals surface area contributed by atoms with Gasteiger partial charge in [-0.1, -0.05) is 38.9 Å². The molecule has 11 heteroatoms. The normalized spacial score (nSPS) is 19.6. The monoisotopic (exact) mass is 600 g/mol. The molecule has 1 saturated carbocycles. The van der Waals surface area contributed by atoms with E-state index in [-0.39, 0.29) is 26.7 Å². The fourth-order valence-corrected chi connectivity index (χ4v) is 6.76. The van der Waals surface area contributed by atoms with Gasteiger partial charge in [0.25, 0.3) is 11.1 Å². The number of hydrogen-bond acceptors (Lipinski definition) is 8. The molecule has 41 heavy (non-hydrogen) atoms. The summed E-state index contributed by atoms with van der Waals surface area (Å²) in [6.45, 7) is 16.0. The highest BCUT2D eigenvalue weighted by molar-refractivity contribution is 7.17. The van der Waals surface area contributed by atoms with Crippen LogP contribution in [-0.4, -0.2) is 49.2 Å². The molecule has 3 aromatic rings. The lowest BCUT2D eigenvalue weighted by atomic mass is 9.75. The number of benzene rings is 1. The SMILES string of the molecule is COc1cccc(F)c1-c1cc(C)ncc1C(=O)Nc1nnc(OC[C@]2(C)CC[C@H](O[Si](C)(C)C(C)(C)C)CC2)s1. The Morgan fingerprint density at radius 2 is 1.93 bits per heavy atom. The van der Waals surface area contributed by atoms with Crippen molar-refractivity contribution in [3.63, 3.8) is 0 Å². The number of nitrogens with zero attached hydrogens (tertiary/aromatic N) is 3. The molecular weight excluding hydrogens is 560 g/mol. The number of aromatic nitrogens is 3. The van der Waals surface area contributed by atoms with Crippen LogP contribution in [0.5, 0.6) is 10.9 Å². The minimum absolute atomic E-state index is 0.0175. The maximum absolute atomic E-state index is 14.9. The van der Waals surface area contributed by atoms with E-state index in [1.54, 1.807) is 25.1 Å². The molecule has 0 saturated heterocycles. The molecule has 0 atom stereocenters. The van der Waals surface area contributed by atoms with Crippen molar-refractivity contribution in [1.29, 1.82) is 0 Å². The largest absolute Gasteiger partial charge is 0.496 e. The first-order valence-corrected chi connectivity index (χ1v) is 17.7. The Morgan fingerprint density at radius 1 is 1.22 bits per heavy atom. The smallest absolute Gasteiger partial charge is 0.295 e. The summed E-state index contributed by atoms with van der Waals surface area (Å²) in [4.78, 5) is 17.5. The Bertz CT molecular complexity index is 1380. The van der Waals surface area contributed by atoms with Gasteiger partial charge in [-0.05, 0) is 80.3 Å². The number of nitrogens with one attached hydrogen (secondary N) is 1. The molecule has 1 amide bonds. The van der Waals surface area contributed by atoms with E-state index in [4.69, 9.17) is 13.9 Å². The molecule has 1 aromatic carbocycles. The Morgan fingerprint density at radius 3 is 2.59 bits per heavy atom. The number of ether oxygens (including phenoxy) is 2. The summed E-state index contributed by atoms with van der Waals surface area (Å²) in [5.74, 6) is -0.650. The van der Waals surface area contributed by atoms with E-state index in [1.807, 2.05) is 0 Å². The highest BCUT2D eigenvalue weighted by atomic mass is 32.1. The number of anilines is 1. The maximum atomic E-state index is 14.9. The van der Waals surface area contributed by atoms with Crippen molar-refractivity contribution in [2.75, 3.05) is 19.0 Å². The van der Waals surface area contributed by atoms with Gasteiger partial charge in [-0.25, -0.2) is 4.39 Å². The molecule has 0 radical (unpaired) electrons. The molecule has 0 unspecified atom stereocenters. The molecule has 222 valence electrons. The lowest BCUT2D eigenvalue weighted by Gasteiger charge is -2.43. The standard InChI is InChI=1S/C30H41FN4O4SSi/c1-19-16-21(25-23(31)10-9-11-24(25)37-6)22(17-32-19)26(36)33-27-34-35-28(40-27)38-18-30(5)14-12-20(13-15-30)39-41(7,8)29(2,3)4/h9-11,16-17,20H,12-15,18H2,1-8H3,(H,33,34,36)/t20-,30+. The van der Waals surface area contributed by atoms with E-state index in [0.29, 0.717) is 34.9 Å². The summed E-state index contributed by atoms with van der Waals surface area (Å²) in [6, 6.07) is 6.21. The van der Waals surface area contributed by atoms with Crippen LogP contribution >= 0.6 is 11.3 Å². The van der Waals surface area contributed by atoms with Gasteiger partial charge in [0.2, 0.25) is 5.13 Å². The van der Waals surface area contributed by atoms with Crippen LogP contribution in [0.1, 0.15) is 69.4 Å². The van der Waals surface area contributed by atoms with E-state index >= 15 is 0 Å². The maximum Gasteiger partial charge on any atom is 0.295 e. The Labute approximate surface area is 247 Å². The molecular formula is C30H41FN4O4SSi. The number of amides is 1. The van der Waals surface area contributed by atoms with E-state index in [2.05, 4.69) is 61.3 Å². The Kier molecular flexibility index (Phi) is 9.20. The average Bonchev–Trinajstić information content (AvgIpc) is 3.35. The molecule has 1 aliphatic carbocycles. The number of pyridine rings is 1. The van der Waals surface area contributed by atoms with Crippen LogP contribution in [0.3, 0.4) is 0 Å². The molecule has 0 aliphatic heterocycles. The summed E-state index contributed by atoms with van der Waals surface area (Å²) in [7, 11) is -0.328. The van der Waals surface area contributed by atoms with E-state index < -0.39 is 20.0 Å². The van der Waals surface area contributed by atoms with Crippen LogP contribution in [0, 0.1) is 18.2 Å². The number of rotatable bonds is 9. The number of carbonyl (C=O) groups excluding carboxylic acids is 1. The molecule has 2 aromatic heterocycles. The fourth-order valence-electron chi connectivity index (χ4n) is 4.75. The van der Waals surface area contributed by atoms with Crippen molar-refractivity contribution in [2.45, 2.75) is 84.5 Å². The summed E-state index contributed by atoms with van der Waals surface area (Å²) < 4.78 is 32.9. The first-order chi connectivity index (χ1) is 19.2. The zero-order valence-electron chi connectivity index (χ0n) is 25.3. The molecule has 0 bridgehead atoms. The van der Waals surface area contributed by atoms with Gasteiger partial charge in [0.05, 0.1) is 24.8 Å². The third-order valence-electron chi connectivity index (χ3n) is 8.33. The first kappa shape index (κ1) is 31.1. The third kappa shape index (κ3) is 7.31. The van der Waals surface area contributed by atoms with Crippen LogP contribution in [0.15, 0.2) is 30.5 Å². The molecule has 1 aliphatic rings. The van der Waals surface area contributed by atoms with Crippen LogP contribution in [-0.2, 0) is 4.43 Å². The van der Waals surface area contributed by atoms with Gasteiger partial charge in [-0.15, -0.1) is 5.10 Å². The van der Waals surface area contributed by atoms with Gasteiger partial charge < -0.3 is 13.9 Å². The van der Waals surface area contributed by atoms with Gasteiger partial charge >= 0.3 is 0 Å². The van der Waals surface area contributed by atoms with Crippen LogP contribution in [0.2, 0.25) is 18.1 Å². The lowest BCUT2D eigenvalue weighted by molar-refractivity contribution is 0.0479. The second-order valence-corrected chi connectivity index (χ2v) is 18.4. The summed E-state index contributed by atoms with van der Waals surface area (Å²) >= 11 is 1.16. The second kappa shape index (κ2) is 12.1. The number of methoxy groups -OCH3 is 1. The highest BCUT2D eigenvalue weighted by Gasteiger charge is 2.41. The molecule has 1 N–H and O–H groups in total. The van der Waals surface area contributed by atoms with Crippen molar-refractivity contribution >= 4 is 30.7 Å². The van der Waals surface area contributed by atoms with Gasteiger partial charge in [0.15, 0.2) is 8.32 Å². The summed E-state index contributed by atoms with van der Waals surface area (Å²) in [5, 5.41) is 11.8. The van der Waals surface area contributed by atoms with Gasteiger partial charge in [0, 0.05) is 29.0 Å². The van der Waals surface area contributed by atoms with Crippen molar-refractivity contribution in [3.8, 4) is 22.1 Å². The van der Waals surface area contributed by atoms with Crippen molar-refractivity contribution in [3.05, 3.63) is 47.5 Å². The number of aryl methyl sites for hydroxylation is 1. The zero-order valence-corrected chi connectivity index (χ0v) is 27.1. The predicted molar refractivity (Wildman–Crippen MR) is 163 cm³/mol. The minimum Gasteiger partial charge on any atom is -0.496 e. The van der Waals surface area contributed by atoms with Crippen molar-refractivity contribution in [1.82, 2.24) is 15.2 Å². The highest BCUT2D eigenvalue weighted by Crippen LogP contribution is 2.43. The molecule has 4 rings (SSSR count). The van der Waals surface area contributed by atoms with Crippen LogP contribution in [0.25, 0.3) is 11.1 Å². The minimum atomic E-state index is -1.79. The van der Waals surface area contributed by atoms with Gasteiger partial charge in [-0.3, -0.25) is 15.1 Å². The van der Waals surface area contributed by atoms with Crippen LogP contribution < -0.4 is 14.8 Å². The average molecular weight is 601 g/mol. The topological polar surface area (TPSA) is 95.5 Å². The first-order valence-electron chi connectivity index (χ1n) is 14.0. The Hall–Kier alpha value is -2.89. The number of halogens is 1. The lowest BCUT2D eigenvalue weighted by Crippen LogP contribution is -2.45. The van der Waals surface area contributed by atoms with Gasteiger partial charge in [0.1, 0.15) is 11.6 Å². The fraction of sp³-hybridized carbons (Fsp3) is 0.533. The molecule has 1 fully saturated rings. The van der Waals surface area contributed by atoms with Gasteiger partial charge in [-0.2, -0.15) is 0 Å². The van der Waals surface area contributed by atoms with E-state index in [1.165, 1.54) is 19.4 Å². The van der Waals surface area contributed by atoms with Crippen molar-refractivity contribution in [2.24, 2.45) is 5.41 Å². The summed E-state index contributed by atoms with van der Waals surface area (Å²) in [5.41, 5.74) is 1.43. The van der Waals surface area contributed by atoms with E-state index in [9.17, 15) is 9.18 Å².